The van der Waals surface area contributed by atoms with E-state index in [2.05, 4.69) is 0 Å². The van der Waals surface area contributed by atoms with Gasteiger partial charge in [-0.15, -0.1) is 0 Å². The molecule has 10 heavy (non-hydrogen) atoms. The molecule has 1 radical (unpaired) electrons. The molecule has 61 valence electrons. The second-order valence-electron chi connectivity index (χ2n) is 1.60. The SMILES string of the molecule is CCOP(=O)(C[NH])OCC. The summed E-state index contributed by atoms with van der Waals surface area (Å²) in [5.41, 5.74) is 6.85. The maximum Gasteiger partial charge on any atom is 0.345 e. The van der Waals surface area contributed by atoms with E-state index in [1.54, 1.807) is 13.8 Å². The number of nitrogens with one attached hydrogen (secondary N) is 1. The Hall–Kier alpha value is 0.110. The van der Waals surface area contributed by atoms with Gasteiger partial charge >= 0.3 is 7.60 Å². The first-order valence-electron chi connectivity index (χ1n) is 3.21. The van der Waals surface area contributed by atoms with E-state index >= 15 is 0 Å². The molecule has 0 spiro atoms. The molecule has 0 aromatic carbocycles. The van der Waals surface area contributed by atoms with Crippen LogP contribution in [0.5, 0.6) is 0 Å². The van der Waals surface area contributed by atoms with Gasteiger partial charge in [-0.3, -0.25) is 4.57 Å². The highest BCUT2D eigenvalue weighted by Gasteiger charge is 2.20. The minimum atomic E-state index is -3.03. The third-order valence-electron chi connectivity index (χ3n) is 0.845. The van der Waals surface area contributed by atoms with Crippen molar-refractivity contribution in [3.05, 3.63) is 0 Å². The predicted octanol–water partition coefficient (Wildman–Crippen LogP) is 1.49. The monoisotopic (exact) mass is 166 g/mol. The molecule has 0 amide bonds. The van der Waals surface area contributed by atoms with Crippen molar-refractivity contribution < 1.29 is 13.6 Å². The lowest BCUT2D eigenvalue weighted by Crippen LogP contribution is -1.99. The Morgan fingerprint density at radius 1 is 1.30 bits per heavy atom. The Morgan fingerprint density at radius 3 is 1.90 bits per heavy atom. The molecule has 0 fully saturated rings. The normalized spacial score (nSPS) is 11.9. The Morgan fingerprint density at radius 2 is 1.70 bits per heavy atom. The fourth-order valence-corrected chi connectivity index (χ4v) is 1.57. The standard InChI is InChI=1S/C5H13NO3P/c1-3-8-10(7,5-6)9-4-2/h6H,3-5H2,1-2H3. The maximum atomic E-state index is 11.2. The van der Waals surface area contributed by atoms with Crippen molar-refractivity contribution in [3.8, 4) is 0 Å². The van der Waals surface area contributed by atoms with Crippen molar-refractivity contribution >= 4 is 7.60 Å². The van der Waals surface area contributed by atoms with Crippen LogP contribution in [-0.2, 0) is 13.6 Å². The van der Waals surface area contributed by atoms with Gasteiger partial charge in [-0.05, 0) is 13.8 Å². The highest BCUT2D eigenvalue weighted by atomic mass is 31.2. The third kappa shape index (κ3) is 3.32. The lowest BCUT2D eigenvalue weighted by molar-refractivity contribution is 0.220. The number of rotatable bonds is 5. The van der Waals surface area contributed by atoms with Crippen LogP contribution in [0.3, 0.4) is 0 Å². The predicted molar refractivity (Wildman–Crippen MR) is 38.8 cm³/mol. The largest absolute Gasteiger partial charge is 0.345 e. The van der Waals surface area contributed by atoms with E-state index in [1.807, 2.05) is 0 Å². The van der Waals surface area contributed by atoms with E-state index < -0.39 is 7.60 Å². The van der Waals surface area contributed by atoms with E-state index in [0.717, 1.165) is 0 Å². The lowest BCUT2D eigenvalue weighted by atomic mass is 10.9. The average Bonchev–Trinajstić information content (AvgIpc) is 1.89. The summed E-state index contributed by atoms with van der Waals surface area (Å²) >= 11 is 0. The summed E-state index contributed by atoms with van der Waals surface area (Å²) in [5, 5.41) is 0. The molecule has 0 rings (SSSR count). The second kappa shape index (κ2) is 4.85. The molecule has 0 atom stereocenters. The molecule has 0 aliphatic carbocycles. The van der Waals surface area contributed by atoms with Crippen molar-refractivity contribution in [3.63, 3.8) is 0 Å². The molecule has 0 saturated heterocycles. The molecule has 0 aliphatic rings. The van der Waals surface area contributed by atoms with Gasteiger partial charge in [0.15, 0.2) is 0 Å². The van der Waals surface area contributed by atoms with Crippen LogP contribution in [-0.4, -0.2) is 19.5 Å². The molecule has 0 aromatic heterocycles. The molecule has 4 nitrogen and oxygen atoms in total. The van der Waals surface area contributed by atoms with Crippen LogP contribution < -0.4 is 5.73 Å². The van der Waals surface area contributed by atoms with Crippen LogP contribution in [0.25, 0.3) is 0 Å². The molecule has 0 heterocycles. The molecule has 0 saturated carbocycles. The van der Waals surface area contributed by atoms with Crippen molar-refractivity contribution in [1.29, 1.82) is 0 Å². The molecular formula is C5H13NO3P. The fourth-order valence-electron chi connectivity index (χ4n) is 0.522. The molecule has 0 aliphatic heterocycles. The van der Waals surface area contributed by atoms with Gasteiger partial charge in [0, 0.05) is 0 Å². The molecule has 1 N–H and O–H groups in total. The molecule has 0 bridgehead atoms. The molecule has 5 heteroatoms. The van der Waals surface area contributed by atoms with Gasteiger partial charge in [0.2, 0.25) is 0 Å². The lowest BCUT2D eigenvalue weighted by Gasteiger charge is -2.13. The summed E-state index contributed by atoms with van der Waals surface area (Å²) in [6.07, 6.45) is -0.297. The quantitative estimate of drug-likeness (QED) is 0.581. The van der Waals surface area contributed by atoms with Gasteiger partial charge < -0.3 is 9.05 Å². The van der Waals surface area contributed by atoms with Crippen LogP contribution in [0.1, 0.15) is 13.8 Å². The summed E-state index contributed by atoms with van der Waals surface area (Å²) in [6.45, 7) is 4.11. The highest BCUT2D eigenvalue weighted by Crippen LogP contribution is 2.46. The van der Waals surface area contributed by atoms with Crippen molar-refractivity contribution in [2.45, 2.75) is 13.8 Å². The van der Waals surface area contributed by atoms with Gasteiger partial charge in [0.05, 0.1) is 13.2 Å². The van der Waals surface area contributed by atoms with Gasteiger partial charge in [0.25, 0.3) is 0 Å². The van der Waals surface area contributed by atoms with Gasteiger partial charge in [-0.1, -0.05) is 0 Å². The number of hydrogen-bond donors (Lipinski definition) is 0. The summed E-state index contributed by atoms with van der Waals surface area (Å²) in [5.74, 6) is 0. The van der Waals surface area contributed by atoms with Gasteiger partial charge in [0.1, 0.15) is 6.29 Å². The van der Waals surface area contributed by atoms with Crippen LogP contribution in [0.15, 0.2) is 0 Å². The van der Waals surface area contributed by atoms with Crippen LogP contribution >= 0.6 is 7.60 Å². The zero-order valence-corrected chi connectivity index (χ0v) is 7.19. The first-order chi connectivity index (χ1) is 4.68. The zero-order valence-electron chi connectivity index (χ0n) is 6.29. The summed E-state index contributed by atoms with van der Waals surface area (Å²) in [6, 6.07) is 0. The average molecular weight is 166 g/mol. The molecule has 0 aromatic rings. The Balaban J connectivity index is 3.83. The number of hydrogen-bond acceptors (Lipinski definition) is 3. The van der Waals surface area contributed by atoms with Crippen molar-refractivity contribution in [2.24, 2.45) is 0 Å². The van der Waals surface area contributed by atoms with Gasteiger partial charge in [-0.25, -0.2) is 5.73 Å². The fraction of sp³-hybridized carbons (Fsp3) is 1.00. The Kier molecular flexibility index (Phi) is 4.91. The Bertz CT molecular complexity index is 118. The van der Waals surface area contributed by atoms with E-state index in [0.29, 0.717) is 13.2 Å². The van der Waals surface area contributed by atoms with Crippen LogP contribution in [0.2, 0.25) is 0 Å². The molecule has 0 unspecified atom stereocenters. The van der Waals surface area contributed by atoms with E-state index in [-0.39, 0.29) is 6.29 Å². The van der Waals surface area contributed by atoms with E-state index in [4.69, 9.17) is 14.8 Å². The molecular weight excluding hydrogens is 153 g/mol. The zero-order chi connectivity index (χ0) is 8.04. The first-order valence-corrected chi connectivity index (χ1v) is 4.94. The van der Waals surface area contributed by atoms with E-state index in [9.17, 15) is 4.57 Å². The third-order valence-corrected chi connectivity index (χ3v) is 2.54. The van der Waals surface area contributed by atoms with E-state index in [1.165, 1.54) is 0 Å². The minimum absolute atomic E-state index is 0.297. The second-order valence-corrected chi connectivity index (χ2v) is 3.66. The van der Waals surface area contributed by atoms with Crippen molar-refractivity contribution in [1.82, 2.24) is 5.73 Å². The summed E-state index contributed by atoms with van der Waals surface area (Å²) in [7, 11) is -3.03. The summed E-state index contributed by atoms with van der Waals surface area (Å²) < 4.78 is 20.7. The van der Waals surface area contributed by atoms with Gasteiger partial charge in [-0.2, -0.15) is 0 Å². The Labute approximate surface area is 61.2 Å². The minimum Gasteiger partial charge on any atom is -0.308 e. The first kappa shape index (κ1) is 10.1. The van der Waals surface area contributed by atoms with Crippen molar-refractivity contribution in [2.75, 3.05) is 19.5 Å². The highest BCUT2D eigenvalue weighted by molar-refractivity contribution is 7.53. The van der Waals surface area contributed by atoms with Crippen LogP contribution in [0, 0.1) is 0 Å². The smallest absolute Gasteiger partial charge is 0.308 e. The van der Waals surface area contributed by atoms with Crippen LogP contribution in [0.4, 0.5) is 0 Å². The summed E-state index contributed by atoms with van der Waals surface area (Å²) in [4.78, 5) is 0. The maximum absolute atomic E-state index is 11.2. The topological polar surface area (TPSA) is 59.3 Å².